The van der Waals surface area contributed by atoms with Crippen LogP contribution in [-0.2, 0) is 16.0 Å². The fourth-order valence-electron chi connectivity index (χ4n) is 2.40. The van der Waals surface area contributed by atoms with E-state index in [0.29, 0.717) is 0 Å². The topological polar surface area (TPSA) is 89.9 Å². The van der Waals surface area contributed by atoms with Gasteiger partial charge in [-0.15, -0.1) is 0 Å². The molecule has 6 nitrogen and oxygen atoms in total. The van der Waals surface area contributed by atoms with Crippen LogP contribution in [0.2, 0.25) is 0 Å². The van der Waals surface area contributed by atoms with Crippen molar-refractivity contribution in [3.8, 4) is 0 Å². The number of nitrogens with zero attached hydrogens (tertiary/aromatic N) is 1. The van der Waals surface area contributed by atoms with Crippen molar-refractivity contribution in [1.29, 1.82) is 0 Å². The fraction of sp³-hybridized carbons (Fsp3) is 0.412. The summed E-state index contributed by atoms with van der Waals surface area (Å²) in [6, 6.07) is 3.89. The van der Waals surface area contributed by atoms with Crippen molar-refractivity contribution in [3.05, 3.63) is 47.0 Å². The number of hydrogen-bond acceptors (Lipinski definition) is 4. The van der Waals surface area contributed by atoms with Crippen molar-refractivity contribution in [2.75, 3.05) is 13.6 Å². The van der Waals surface area contributed by atoms with E-state index in [-0.39, 0.29) is 18.9 Å². The van der Waals surface area contributed by atoms with Gasteiger partial charge in [0.05, 0.1) is 12.5 Å². The molecule has 0 aliphatic heterocycles. The van der Waals surface area contributed by atoms with E-state index >= 15 is 0 Å². The Kier molecular flexibility index (Phi) is 7.19. The zero-order valence-corrected chi connectivity index (χ0v) is 14.7. The highest BCUT2D eigenvalue weighted by molar-refractivity contribution is 6.43. The monoisotopic (exact) mass is 332 g/mol. The van der Waals surface area contributed by atoms with Crippen LogP contribution in [0.15, 0.2) is 24.8 Å². The highest BCUT2D eigenvalue weighted by Gasteiger charge is 2.27. The average molecular weight is 332 g/mol. The number of aryl methyl sites for hydroxylation is 1. The van der Waals surface area contributed by atoms with Crippen molar-refractivity contribution in [3.63, 3.8) is 0 Å². The number of hydrogen-bond donors (Lipinski definition) is 3. The molecule has 0 bridgehead atoms. The Morgan fingerprint density at radius 2 is 1.92 bits per heavy atom. The molecule has 0 saturated carbocycles. The minimum absolute atomic E-state index is 0.181. The summed E-state index contributed by atoms with van der Waals surface area (Å²) in [7, 11) is -0.225. The average Bonchev–Trinajstić information content (AvgIpc) is 2.53. The van der Waals surface area contributed by atoms with Crippen LogP contribution in [-0.4, -0.2) is 53.4 Å². The van der Waals surface area contributed by atoms with E-state index in [4.69, 9.17) is 0 Å². The summed E-state index contributed by atoms with van der Waals surface area (Å²) in [6.45, 7) is 9.16. The van der Waals surface area contributed by atoms with Gasteiger partial charge in [0, 0.05) is 7.05 Å². The standard InChI is InChI=1S/C17H25BN2O4/c1-6-17(22)20(5)10-16(21)19-15(18(23)24)9-14-8-7-11(2)12(3)13(14)4/h6-8,15,23-24H,1,9-10H2,2-5H3,(H,19,21). The van der Waals surface area contributed by atoms with Gasteiger partial charge in [0.2, 0.25) is 11.8 Å². The second-order valence-electron chi connectivity index (χ2n) is 5.98. The van der Waals surface area contributed by atoms with Crippen LogP contribution in [0.25, 0.3) is 0 Å². The second kappa shape index (κ2) is 8.66. The zero-order chi connectivity index (χ0) is 18.4. The Morgan fingerprint density at radius 3 is 2.46 bits per heavy atom. The molecule has 0 radical (unpaired) electrons. The number of carbonyl (C=O) groups is 2. The zero-order valence-electron chi connectivity index (χ0n) is 14.7. The molecule has 0 aliphatic rings. The SMILES string of the molecule is C=CC(=O)N(C)CC(=O)NC(Cc1ccc(C)c(C)c1C)B(O)O. The highest BCUT2D eigenvalue weighted by atomic mass is 16.4. The minimum Gasteiger partial charge on any atom is -0.426 e. The fourth-order valence-corrected chi connectivity index (χ4v) is 2.40. The molecule has 2 amide bonds. The second-order valence-corrected chi connectivity index (χ2v) is 5.98. The number of benzene rings is 1. The first kappa shape index (κ1) is 19.9. The predicted molar refractivity (Wildman–Crippen MR) is 94.3 cm³/mol. The first-order chi connectivity index (χ1) is 11.2. The van der Waals surface area contributed by atoms with E-state index < -0.39 is 19.0 Å². The van der Waals surface area contributed by atoms with Crippen molar-refractivity contribution in [1.82, 2.24) is 10.2 Å². The van der Waals surface area contributed by atoms with Gasteiger partial charge in [0.15, 0.2) is 0 Å². The van der Waals surface area contributed by atoms with Gasteiger partial charge in [-0.05, 0) is 55.5 Å². The molecule has 1 aromatic carbocycles. The largest absolute Gasteiger partial charge is 0.475 e. The Labute approximate surface area is 143 Å². The maximum absolute atomic E-state index is 12.0. The van der Waals surface area contributed by atoms with Gasteiger partial charge in [0.25, 0.3) is 0 Å². The Balaban J connectivity index is 2.82. The third-order valence-corrected chi connectivity index (χ3v) is 4.25. The molecule has 0 aromatic heterocycles. The molecule has 7 heteroatoms. The van der Waals surface area contributed by atoms with Crippen LogP contribution in [0.1, 0.15) is 22.3 Å². The third-order valence-electron chi connectivity index (χ3n) is 4.25. The van der Waals surface area contributed by atoms with Gasteiger partial charge in [-0.25, -0.2) is 0 Å². The van der Waals surface area contributed by atoms with Crippen molar-refractivity contribution in [2.45, 2.75) is 33.1 Å². The Morgan fingerprint density at radius 1 is 1.29 bits per heavy atom. The quantitative estimate of drug-likeness (QED) is 0.495. The summed E-state index contributed by atoms with van der Waals surface area (Å²) in [5.74, 6) is -1.70. The van der Waals surface area contributed by atoms with E-state index in [1.54, 1.807) is 0 Å². The molecule has 0 heterocycles. The molecule has 0 spiro atoms. The molecule has 1 rings (SSSR count). The lowest BCUT2D eigenvalue weighted by Gasteiger charge is -2.22. The van der Waals surface area contributed by atoms with Crippen molar-refractivity contribution < 1.29 is 19.6 Å². The van der Waals surface area contributed by atoms with Gasteiger partial charge in [0.1, 0.15) is 0 Å². The summed E-state index contributed by atoms with van der Waals surface area (Å²) in [4.78, 5) is 24.6. The number of likely N-dealkylation sites (N-methyl/N-ethyl adjacent to an activating group) is 1. The molecule has 0 fully saturated rings. The molecular weight excluding hydrogens is 307 g/mol. The van der Waals surface area contributed by atoms with Gasteiger partial charge in [-0.3, -0.25) is 9.59 Å². The lowest BCUT2D eigenvalue weighted by atomic mass is 9.75. The maximum atomic E-state index is 12.0. The van der Waals surface area contributed by atoms with Gasteiger partial charge >= 0.3 is 7.12 Å². The third kappa shape index (κ3) is 5.21. The molecule has 130 valence electrons. The first-order valence-corrected chi connectivity index (χ1v) is 7.76. The van der Waals surface area contributed by atoms with E-state index in [2.05, 4.69) is 11.9 Å². The van der Waals surface area contributed by atoms with E-state index in [0.717, 1.165) is 28.3 Å². The number of nitrogens with one attached hydrogen (secondary N) is 1. The maximum Gasteiger partial charge on any atom is 0.475 e. The first-order valence-electron chi connectivity index (χ1n) is 7.76. The minimum atomic E-state index is -1.70. The number of amides is 2. The van der Waals surface area contributed by atoms with Crippen LogP contribution in [0.4, 0.5) is 0 Å². The smallest absolute Gasteiger partial charge is 0.426 e. The molecule has 3 N–H and O–H groups in total. The Hall–Kier alpha value is -2.12. The molecule has 1 unspecified atom stereocenters. The van der Waals surface area contributed by atoms with E-state index in [1.807, 2.05) is 32.9 Å². The molecule has 0 aliphatic carbocycles. The molecule has 24 heavy (non-hydrogen) atoms. The Bertz CT molecular complexity index is 631. The lowest BCUT2D eigenvalue weighted by molar-refractivity contribution is -0.131. The van der Waals surface area contributed by atoms with Gasteiger partial charge < -0.3 is 20.3 Å². The van der Waals surface area contributed by atoms with Crippen molar-refractivity contribution in [2.24, 2.45) is 0 Å². The number of carbonyl (C=O) groups excluding carboxylic acids is 2. The van der Waals surface area contributed by atoms with Crippen LogP contribution in [0, 0.1) is 20.8 Å². The summed E-state index contributed by atoms with van der Waals surface area (Å²) < 4.78 is 0. The molecule has 1 aromatic rings. The van der Waals surface area contributed by atoms with Gasteiger partial charge in [-0.1, -0.05) is 18.7 Å². The predicted octanol–water partition coefficient (Wildman–Crippen LogP) is 0.296. The summed E-state index contributed by atoms with van der Waals surface area (Å²) in [5, 5.41) is 21.7. The van der Waals surface area contributed by atoms with Gasteiger partial charge in [-0.2, -0.15) is 0 Å². The van der Waals surface area contributed by atoms with Crippen LogP contribution in [0.3, 0.4) is 0 Å². The normalized spacial score (nSPS) is 11.6. The summed E-state index contributed by atoms with van der Waals surface area (Å²) >= 11 is 0. The summed E-state index contributed by atoms with van der Waals surface area (Å²) in [5.41, 5.74) is 4.30. The van der Waals surface area contributed by atoms with E-state index in [9.17, 15) is 19.6 Å². The lowest BCUT2D eigenvalue weighted by Crippen LogP contribution is -2.50. The molecule has 1 atom stereocenters. The van der Waals surface area contributed by atoms with Crippen LogP contribution >= 0.6 is 0 Å². The van der Waals surface area contributed by atoms with Crippen LogP contribution in [0.5, 0.6) is 0 Å². The highest BCUT2D eigenvalue weighted by Crippen LogP contribution is 2.18. The summed E-state index contributed by atoms with van der Waals surface area (Å²) in [6.07, 6.45) is 1.40. The molecule has 0 saturated heterocycles. The van der Waals surface area contributed by atoms with E-state index in [1.165, 1.54) is 11.9 Å². The molecular formula is C17H25BN2O4. The number of rotatable bonds is 7. The van der Waals surface area contributed by atoms with Crippen LogP contribution < -0.4 is 5.32 Å². The van der Waals surface area contributed by atoms with Crippen molar-refractivity contribution >= 4 is 18.9 Å².